The first-order valence-corrected chi connectivity index (χ1v) is 5.70. The van der Waals surface area contributed by atoms with Crippen LogP contribution in [0.5, 0.6) is 0 Å². The van der Waals surface area contributed by atoms with Crippen LogP contribution in [0.25, 0.3) is 0 Å². The smallest absolute Gasteiger partial charge is 0.0779 e. The van der Waals surface area contributed by atoms with Crippen LogP contribution in [0.1, 0.15) is 33.6 Å². The van der Waals surface area contributed by atoms with Crippen LogP contribution in [0, 0.1) is 0 Å². The third kappa shape index (κ3) is 4.40. The van der Waals surface area contributed by atoms with Gasteiger partial charge in [0.15, 0.2) is 0 Å². The first-order valence-electron chi connectivity index (χ1n) is 5.70. The molecule has 0 amide bonds. The lowest BCUT2D eigenvalue weighted by Crippen LogP contribution is -2.40. The summed E-state index contributed by atoms with van der Waals surface area (Å²) in [6.07, 6.45) is 2.40. The fraction of sp³-hybridized carbons (Fsp3) is 1.00. The first-order chi connectivity index (χ1) is 6.62. The topological polar surface area (TPSA) is 33.3 Å². The van der Waals surface area contributed by atoms with Crippen molar-refractivity contribution in [3.8, 4) is 0 Å². The van der Waals surface area contributed by atoms with Crippen molar-refractivity contribution in [2.24, 2.45) is 0 Å². The Hall–Kier alpha value is -0.120. The van der Waals surface area contributed by atoms with E-state index >= 15 is 0 Å². The molecule has 0 radical (unpaired) electrons. The summed E-state index contributed by atoms with van der Waals surface area (Å²) in [5.74, 6) is 0. The molecule has 0 bridgehead atoms. The molecular weight excluding hydrogens is 176 g/mol. The molecule has 3 nitrogen and oxygen atoms in total. The standard InChI is InChI=1S/C11H24N2O/c1-10(2)13-7-6-12-9-11(3)5-4-8-14-11/h10,12-13H,4-9H2,1-3H3. The van der Waals surface area contributed by atoms with Crippen LogP contribution < -0.4 is 10.6 Å². The van der Waals surface area contributed by atoms with Crippen LogP contribution in [0.3, 0.4) is 0 Å². The average molecular weight is 200 g/mol. The summed E-state index contributed by atoms with van der Waals surface area (Å²) >= 11 is 0. The molecule has 1 aliphatic heterocycles. The summed E-state index contributed by atoms with van der Waals surface area (Å²) in [7, 11) is 0. The molecule has 1 heterocycles. The van der Waals surface area contributed by atoms with Crippen LogP contribution in [-0.2, 0) is 4.74 Å². The zero-order chi connectivity index (χ0) is 10.4. The summed E-state index contributed by atoms with van der Waals surface area (Å²) in [5.41, 5.74) is 0.0951. The molecule has 0 aromatic heterocycles. The Morgan fingerprint density at radius 3 is 2.71 bits per heavy atom. The molecule has 1 atom stereocenters. The second kappa shape index (κ2) is 5.69. The number of rotatable bonds is 6. The van der Waals surface area contributed by atoms with Crippen molar-refractivity contribution in [3.63, 3.8) is 0 Å². The van der Waals surface area contributed by atoms with Gasteiger partial charge in [-0.05, 0) is 19.8 Å². The molecule has 2 N–H and O–H groups in total. The lowest BCUT2D eigenvalue weighted by Gasteiger charge is -2.23. The van der Waals surface area contributed by atoms with Gasteiger partial charge in [0, 0.05) is 32.3 Å². The SMILES string of the molecule is CC(C)NCCNCC1(C)CCCO1. The van der Waals surface area contributed by atoms with Gasteiger partial charge in [-0.2, -0.15) is 0 Å². The molecule has 84 valence electrons. The number of hydrogen-bond acceptors (Lipinski definition) is 3. The molecule has 14 heavy (non-hydrogen) atoms. The molecule has 0 spiro atoms. The van der Waals surface area contributed by atoms with E-state index in [9.17, 15) is 0 Å². The highest BCUT2D eigenvalue weighted by atomic mass is 16.5. The molecule has 0 aromatic rings. The van der Waals surface area contributed by atoms with E-state index in [4.69, 9.17) is 4.74 Å². The largest absolute Gasteiger partial charge is 0.374 e. The average Bonchev–Trinajstić information content (AvgIpc) is 2.51. The van der Waals surface area contributed by atoms with Crippen molar-refractivity contribution in [1.82, 2.24) is 10.6 Å². The Morgan fingerprint density at radius 2 is 2.14 bits per heavy atom. The summed E-state index contributed by atoms with van der Waals surface area (Å²) in [5, 5.41) is 6.82. The predicted molar refractivity (Wildman–Crippen MR) is 59.6 cm³/mol. The lowest BCUT2D eigenvalue weighted by atomic mass is 10.0. The van der Waals surface area contributed by atoms with Gasteiger partial charge in [0.2, 0.25) is 0 Å². The molecule has 3 heteroatoms. The van der Waals surface area contributed by atoms with Crippen LogP contribution >= 0.6 is 0 Å². The summed E-state index contributed by atoms with van der Waals surface area (Å²) in [6.45, 7) is 10.5. The highest BCUT2D eigenvalue weighted by molar-refractivity contribution is 4.82. The maximum absolute atomic E-state index is 5.69. The third-order valence-electron chi connectivity index (χ3n) is 2.65. The minimum atomic E-state index is 0.0951. The van der Waals surface area contributed by atoms with E-state index in [-0.39, 0.29) is 5.60 Å². The molecule has 1 unspecified atom stereocenters. The Kier molecular flexibility index (Phi) is 4.85. The summed E-state index contributed by atoms with van der Waals surface area (Å²) in [4.78, 5) is 0. The first kappa shape index (κ1) is 12.0. The minimum Gasteiger partial charge on any atom is -0.374 e. The maximum atomic E-state index is 5.69. The third-order valence-corrected chi connectivity index (χ3v) is 2.65. The number of ether oxygens (including phenoxy) is 1. The second-order valence-electron chi connectivity index (χ2n) is 4.69. The molecular formula is C11H24N2O. The predicted octanol–water partition coefficient (Wildman–Crippen LogP) is 1.14. The van der Waals surface area contributed by atoms with E-state index in [0.29, 0.717) is 6.04 Å². The fourth-order valence-corrected chi connectivity index (χ4v) is 1.78. The number of hydrogen-bond donors (Lipinski definition) is 2. The number of nitrogens with one attached hydrogen (secondary N) is 2. The zero-order valence-corrected chi connectivity index (χ0v) is 9.73. The molecule has 0 aromatic carbocycles. The van der Waals surface area contributed by atoms with Gasteiger partial charge < -0.3 is 15.4 Å². The van der Waals surface area contributed by atoms with Crippen LogP contribution in [-0.4, -0.2) is 37.9 Å². The highest BCUT2D eigenvalue weighted by Gasteiger charge is 2.28. The Balaban J connectivity index is 1.98. The van der Waals surface area contributed by atoms with Crippen molar-refractivity contribution in [2.75, 3.05) is 26.2 Å². The summed E-state index contributed by atoms with van der Waals surface area (Å²) < 4.78 is 5.69. The molecule has 0 saturated carbocycles. The van der Waals surface area contributed by atoms with Crippen molar-refractivity contribution >= 4 is 0 Å². The normalized spacial score (nSPS) is 27.4. The van der Waals surface area contributed by atoms with E-state index in [2.05, 4.69) is 31.4 Å². The molecule has 1 rings (SSSR count). The Bertz CT molecular complexity index is 153. The van der Waals surface area contributed by atoms with E-state index < -0.39 is 0 Å². The molecule has 1 aliphatic rings. The van der Waals surface area contributed by atoms with E-state index in [1.807, 2.05) is 0 Å². The van der Waals surface area contributed by atoms with Crippen molar-refractivity contribution in [2.45, 2.75) is 45.3 Å². The van der Waals surface area contributed by atoms with Crippen molar-refractivity contribution in [1.29, 1.82) is 0 Å². The Morgan fingerprint density at radius 1 is 1.36 bits per heavy atom. The van der Waals surface area contributed by atoms with Crippen molar-refractivity contribution in [3.05, 3.63) is 0 Å². The van der Waals surface area contributed by atoms with Gasteiger partial charge in [-0.15, -0.1) is 0 Å². The van der Waals surface area contributed by atoms with Gasteiger partial charge >= 0.3 is 0 Å². The van der Waals surface area contributed by atoms with Gasteiger partial charge in [-0.3, -0.25) is 0 Å². The van der Waals surface area contributed by atoms with Crippen LogP contribution in [0.15, 0.2) is 0 Å². The zero-order valence-electron chi connectivity index (χ0n) is 9.73. The maximum Gasteiger partial charge on any atom is 0.0779 e. The van der Waals surface area contributed by atoms with Gasteiger partial charge in [0.25, 0.3) is 0 Å². The van der Waals surface area contributed by atoms with E-state index in [1.165, 1.54) is 12.8 Å². The monoisotopic (exact) mass is 200 g/mol. The van der Waals surface area contributed by atoms with Crippen LogP contribution in [0.2, 0.25) is 0 Å². The van der Waals surface area contributed by atoms with E-state index in [1.54, 1.807) is 0 Å². The van der Waals surface area contributed by atoms with Gasteiger partial charge in [-0.25, -0.2) is 0 Å². The Labute approximate surface area is 87.6 Å². The molecule has 0 aliphatic carbocycles. The van der Waals surface area contributed by atoms with E-state index in [0.717, 1.165) is 26.2 Å². The molecule has 1 fully saturated rings. The van der Waals surface area contributed by atoms with Crippen molar-refractivity contribution < 1.29 is 4.74 Å². The van der Waals surface area contributed by atoms with Gasteiger partial charge in [0.1, 0.15) is 0 Å². The lowest BCUT2D eigenvalue weighted by molar-refractivity contribution is 0.0211. The fourth-order valence-electron chi connectivity index (χ4n) is 1.78. The minimum absolute atomic E-state index is 0.0951. The quantitative estimate of drug-likeness (QED) is 0.631. The highest BCUT2D eigenvalue weighted by Crippen LogP contribution is 2.23. The second-order valence-corrected chi connectivity index (χ2v) is 4.69. The van der Waals surface area contributed by atoms with Crippen LogP contribution in [0.4, 0.5) is 0 Å². The van der Waals surface area contributed by atoms with Gasteiger partial charge in [-0.1, -0.05) is 13.8 Å². The molecule has 1 saturated heterocycles. The van der Waals surface area contributed by atoms with Gasteiger partial charge in [0.05, 0.1) is 5.60 Å². The summed E-state index contributed by atoms with van der Waals surface area (Å²) in [6, 6.07) is 0.579.